The average Bonchev–Trinajstić information content (AvgIpc) is 2.83. The van der Waals surface area contributed by atoms with Crippen molar-refractivity contribution in [3.63, 3.8) is 0 Å². The second kappa shape index (κ2) is 13.0. The molecule has 2 N–H and O–H groups in total. The summed E-state index contributed by atoms with van der Waals surface area (Å²) in [6.07, 6.45) is 2.45. The van der Waals surface area contributed by atoms with Gasteiger partial charge in [-0.15, -0.1) is 0 Å². The van der Waals surface area contributed by atoms with E-state index in [1.54, 1.807) is 21.1 Å². The number of carboxylic acids is 1. The molecule has 3 rings (SSSR count). The molecule has 0 spiro atoms. The van der Waals surface area contributed by atoms with E-state index in [1.807, 2.05) is 30.3 Å². The number of carbonyl (C=O) groups is 1. The normalized spacial score (nSPS) is 15.4. The summed E-state index contributed by atoms with van der Waals surface area (Å²) >= 11 is 0. The highest BCUT2D eigenvalue weighted by atomic mass is 19.1. The highest BCUT2D eigenvalue weighted by Gasteiger charge is 2.28. The molecule has 2 aromatic rings. The lowest BCUT2D eigenvalue weighted by molar-refractivity contribution is -0.136. The molecule has 7 heteroatoms. The molecule has 176 valence electrons. The van der Waals surface area contributed by atoms with Gasteiger partial charge in [0, 0.05) is 18.5 Å². The highest BCUT2D eigenvalue weighted by Crippen LogP contribution is 2.39. The fraction of sp³-hybridized carbons (Fsp3) is 0.480. The number of aliphatic hydroxyl groups is 1. The van der Waals surface area contributed by atoms with Crippen molar-refractivity contribution < 1.29 is 28.9 Å². The number of ether oxygens (including phenoxy) is 2. The lowest BCUT2D eigenvalue weighted by Crippen LogP contribution is -2.36. The third kappa shape index (κ3) is 7.50. The molecule has 1 aliphatic rings. The standard InChI is InChI=1S/C22H28FNO3.C3H6O2/c1-26-20-5-3-4-19(22(20)27-2)21(25)17-11-14-24(15-12-17)13-10-16-6-8-18(23)9-7-16;1-2-3(4)5/h3-9,17,21,25H,10-15H2,1-2H3;2H2,1H3,(H,4,5). The van der Waals surface area contributed by atoms with Crippen LogP contribution in [-0.2, 0) is 11.2 Å². The van der Waals surface area contributed by atoms with E-state index in [1.165, 1.54) is 12.1 Å². The largest absolute Gasteiger partial charge is 0.493 e. The zero-order valence-corrected chi connectivity index (χ0v) is 19.1. The van der Waals surface area contributed by atoms with Crippen LogP contribution in [-0.4, -0.2) is 54.9 Å². The first kappa shape index (κ1) is 25.6. The summed E-state index contributed by atoms with van der Waals surface area (Å²) in [7, 11) is 3.21. The number of aliphatic carboxylic acids is 1. The van der Waals surface area contributed by atoms with Crippen LogP contribution in [0.2, 0.25) is 0 Å². The number of nitrogens with zero attached hydrogens (tertiary/aromatic N) is 1. The predicted molar refractivity (Wildman–Crippen MR) is 122 cm³/mol. The maximum absolute atomic E-state index is 13.0. The molecule has 0 aliphatic carbocycles. The zero-order valence-electron chi connectivity index (χ0n) is 19.1. The second-order valence-electron chi connectivity index (χ2n) is 7.83. The smallest absolute Gasteiger partial charge is 0.303 e. The van der Waals surface area contributed by atoms with Gasteiger partial charge in [0.2, 0.25) is 0 Å². The average molecular weight is 448 g/mol. The van der Waals surface area contributed by atoms with Gasteiger partial charge >= 0.3 is 5.97 Å². The number of hydrogen-bond donors (Lipinski definition) is 2. The topological polar surface area (TPSA) is 79.2 Å². The van der Waals surface area contributed by atoms with E-state index in [-0.39, 0.29) is 18.2 Å². The molecule has 6 nitrogen and oxygen atoms in total. The van der Waals surface area contributed by atoms with Gasteiger partial charge in [0.25, 0.3) is 0 Å². The molecular weight excluding hydrogens is 413 g/mol. The summed E-state index contributed by atoms with van der Waals surface area (Å²) in [6, 6.07) is 12.4. The van der Waals surface area contributed by atoms with Crippen LogP contribution in [0.1, 0.15) is 43.4 Å². The van der Waals surface area contributed by atoms with E-state index in [4.69, 9.17) is 14.6 Å². The Kier molecular flexibility index (Phi) is 10.4. The van der Waals surface area contributed by atoms with Crippen molar-refractivity contribution >= 4 is 5.97 Å². The van der Waals surface area contributed by atoms with Gasteiger partial charge in [-0.1, -0.05) is 31.2 Å². The second-order valence-corrected chi connectivity index (χ2v) is 7.83. The van der Waals surface area contributed by atoms with Crippen molar-refractivity contribution in [1.29, 1.82) is 0 Å². The zero-order chi connectivity index (χ0) is 23.5. The molecule has 1 saturated heterocycles. The Morgan fingerprint density at radius 1 is 1.12 bits per heavy atom. The van der Waals surface area contributed by atoms with Crippen molar-refractivity contribution in [3.8, 4) is 11.5 Å². The summed E-state index contributed by atoms with van der Waals surface area (Å²) in [6.45, 7) is 4.46. The van der Waals surface area contributed by atoms with Gasteiger partial charge in [-0.3, -0.25) is 4.79 Å². The number of rotatable bonds is 8. The summed E-state index contributed by atoms with van der Waals surface area (Å²) in [5.41, 5.74) is 1.95. The molecule has 32 heavy (non-hydrogen) atoms. The third-order valence-corrected chi connectivity index (χ3v) is 5.76. The van der Waals surface area contributed by atoms with Crippen molar-refractivity contribution in [2.75, 3.05) is 33.9 Å². The lowest BCUT2D eigenvalue weighted by atomic mass is 9.87. The highest BCUT2D eigenvalue weighted by molar-refractivity contribution is 5.66. The van der Waals surface area contributed by atoms with Gasteiger partial charge in [0.05, 0.1) is 20.3 Å². The van der Waals surface area contributed by atoms with E-state index >= 15 is 0 Å². The molecule has 0 bridgehead atoms. The number of hydrogen-bond acceptors (Lipinski definition) is 5. The van der Waals surface area contributed by atoms with Gasteiger partial charge in [0.1, 0.15) is 5.82 Å². The first-order valence-corrected chi connectivity index (χ1v) is 11.0. The number of benzene rings is 2. The van der Waals surface area contributed by atoms with Crippen LogP contribution < -0.4 is 9.47 Å². The van der Waals surface area contributed by atoms with Crippen LogP contribution in [0, 0.1) is 11.7 Å². The Morgan fingerprint density at radius 2 is 1.75 bits per heavy atom. The minimum atomic E-state index is -0.745. The maximum Gasteiger partial charge on any atom is 0.303 e. The van der Waals surface area contributed by atoms with Crippen molar-refractivity contribution in [1.82, 2.24) is 4.90 Å². The Balaban J connectivity index is 0.000000654. The molecule has 1 fully saturated rings. The molecule has 0 aromatic heterocycles. The van der Waals surface area contributed by atoms with Gasteiger partial charge in [0.15, 0.2) is 11.5 Å². The minimum Gasteiger partial charge on any atom is -0.493 e. The molecule has 0 amide bonds. The molecule has 1 atom stereocenters. The van der Waals surface area contributed by atoms with E-state index in [9.17, 15) is 14.3 Å². The van der Waals surface area contributed by atoms with E-state index in [0.717, 1.165) is 50.0 Å². The Morgan fingerprint density at radius 3 is 2.28 bits per heavy atom. The summed E-state index contributed by atoms with van der Waals surface area (Å²) in [4.78, 5) is 11.8. The van der Waals surface area contributed by atoms with E-state index < -0.39 is 12.1 Å². The number of aliphatic hydroxyl groups excluding tert-OH is 1. The number of methoxy groups -OCH3 is 2. The number of para-hydroxylation sites is 1. The molecule has 0 radical (unpaired) electrons. The van der Waals surface area contributed by atoms with Crippen LogP contribution in [0.4, 0.5) is 4.39 Å². The summed E-state index contributed by atoms with van der Waals surface area (Å²) in [5, 5.41) is 18.6. The minimum absolute atomic E-state index is 0.193. The fourth-order valence-electron chi connectivity index (χ4n) is 3.83. The molecule has 2 aromatic carbocycles. The van der Waals surface area contributed by atoms with Crippen molar-refractivity contribution in [3.05, 3.63) is 59.4 Å². The lowest BCUT2D eigenvalue weighted by Gasteiger charge is -2.34. The Labute approximate surface area is 189 Å². The molecule has 1 unspecified atom stereocenters. The maximum atomic E-state index is 13.0. The molecular formula is C25H34FNO5. The van der Waals surface area contributed by atoms with E-state index in [0.29, 0.717) is 11.5 Å². The number of carboxylic acid groups (broad SMARTS) is 1. The third-order valence-electron chi connectivity index (χ3n) is 5.76. The van der Waals surface area contributed by atoms with Crippen LogP contribution in [0.15, 0.2) is 42.5 Å². The summed E-state index contributed by atoms with van der Waals surface area (Å²) in [5.74, 6) is 0.525. The van der Waals surface area contributed by atoms with Crippen molar-refractivity contribution in [2.24, 2.45) is 5.92 Å². The Bertz CT molecular complexity index is 835. The van der Waals surface area contributed by atoms with Crippen molar-refractivity contribution in [2.45, 2.75) is 38.7 Å². The first-order valence-electron chi connectivity index (χ1n) is 11.0. The molecule has 1 aliphatic heterocycles. The molecule has 1 heterocycles. The van der Waals surface area contributed by atoms with Gasteiger partial charge in [-0.2, -0.15) is 0 Å². The van der Waals surface area contributed by atoms with E-state index in [2.05, 4.69) is 4.90 Å². The number of piperidine rings is 1. The van der Waals surface area contributed by atoms with Crippen LogP contribution in [0.3, 0.4) is 0 Å². The molecule has 0 saturated carbocycles. The number of likely N-dealkylation sites (tertiary alicyclic amines) is 1. The van der Waals surface area contributed by atoms with Crippen LogP contribution in [0.5, 0.6) is 11.5 Å². The van der Waals surface area contributed by atoms with Gasteiger partial charge in [-0.05, 0) is 62.0 Å². The summed E-state index contributed by atoms with van der Waals surface area (Å²) < 4.78 is 23.8. The predicted octanol–water partition coefficient (Wildman–Crippen LogP) is 4.31. The monoisotopic (exact) mass is 447 g/mol. The van der Waals surface area contributed by atoms with Gasteiger partial charge in [-0.25, -0.2) is 4.39 Å². The first-order chi connectivity index (χ1) is 15.4. The Hall–Kier alpha value is -2.64. The van der Waals surface area contributed by atoms with Crippen LogP contribution >= 0.6 is 0 Å². The SMILES string of the molecule is CCC(=O)O.COc1cccc(C(O)C2CCN(CCc3ccc(F)cc3)CC2)c1OC. The van der Waals surface area contributed by atoms with Gasteiger partial charge < -0.3 is 24.6 Å². The van der Waals surface area contributed by atoms with Crippen LogP contribution in [0.25, 0.3) is 0 Å². The quantitative estimate of drug-likeness (QED) is 0.628. The number of halogens is 1. The fourth-order valence-corrected chi connectivity index (χ4v) is 3.83.